The third-order valence-electron chi connectivity index (χ3n) is 2.62. The number of halogens is 1. The monoisotopic (exact) mass is 209 g/mol. The molecule has 1 atom stereocenters. The molecule has 4 heteroatoms. The molecule has 1 aliphatic rings. The summed E-state index contributed by atoms with van der Waals surface area (Å²) in [6, 6.07) is 6.02. The highest BCUT2D eigenvalue weighted by Crippen LogP contribution is 2.31. The highest BCUT2D eigenvalue weighted by molar-refractivity contribution is 5.70. The molecule has 1 unspecified atom stereocenters. The first-order chi connectivity index (χ1) is 7.01. The van der Waals surface area contributed by atoms with Crippen molar-refractivity contribution in [2.75, 3.05) is 13.6 Å². The fourth-order valence-corrected chi connectivity index (χ4v) is 1.77. The average molecular weight is 209 g/mol. The Kier molecular flexibility index (Phi) is 2.14. The van der Waals surface area contributed by atoms with Crippen LogP contribution in [0.5, 0.6) is 0 Å². The molecule has 3 nitrogen and oxygen atoms in total. The van der Waals surface area contributed by atoms with Gasteiger partial charge in [0.1, 0.15) is 5.82 Å². The van der Waals surface area contributed by atoms with Gasteiger partial charge < -0.3 is 9.64 Å². The number of amides is 1. The minimum absolute atomic E-state index is 0.292. The number of cyclic esters (lactones) is 1. The Hall–Kier alpha value is -1.58. The zero-order chi connectivity index (χ0) is 11.1. The maximum Gasteiger partial charge on any atom is 0.410 e. The molecule has 0 radical (unpaired) electrons. The number of rotatable bonds is 1. The lowest BCUT2D eigenvalue weighted by Crippen LogP contribution is -2.27. The molecule has 1 aromatic carbocycles. The van der Waals surface area contributed by atoms with Crippen LogP contribution in [0.2, 0.25) is 0 Å². The van der Waals surface area contributed by atoms with E-state index < -0.39 is 5.60 Å². The van der Waals surface area contributed by atoms with Crippen molar-refractivity contribution < 1.29 is 13.9 Å². The van der Waals surface area contributed by atoms with Crippen LogP contribution in [0.25, 0.3) is 0 Å². The van der Waals surface area contributed by atoms with Crippen LogP contribution in [0.15, 0.2) is 24.3 Å². The molecule has 1 aromatic rings. The SMILES string of the molecule is CN1CC(C)(c2ccc(F)cc2)OC1=O. The number of carbonyl (C=O) groups excluding carboxylic acids is 1. The smallest absolute Gasteiger partial charge is 0.410 e. The summed E-state index contributed by atoms with van der Waals surface area (Å²) in [6.45, 7) is 2.30. The Balaban J connectivity index is 2.31. The zero-order valence-electron chi connectivity index (χ0n) is 8.66. The van der Waals surface area contributed by atoms with Crippen LogP contribution in [-0.4, -0.2) is 24.6 Å². The van der Waals surface area contributed by atoms with Crippen molar-refractivity contribution in [2.45, 2.75) is 12.5 Å². The van der Waals surface area contributed by atoms with E-state index in [4.69, 9.17) is 4.74 Å². The maximum absolute atomic E-state index is 12.7. The second-order valence-electron chi connectivity index (χ2n) is 3.96. The Morgan fingerprint density at radius 1 is 1.40 bits per heavy atom. The molecule has 80 valence electrons. The highest BCUT2D eigenvalue weighted by Gasteiger charge is 2.40. The standard InChI is InChI=1S/C11H12FNO2/c1-11(7-13(2)10(14)15-11)8-3-5-9(12)6-4-8/h3-6H,7H2,1-2H3. The van der Waals surface area contributed by atoms with E-state index in [0.717, 1.165) is 5.56 Å². The first-order valence-corrected chi connectivity index (χ1v) is 4.71. The van der Waals surface area contributed by atoms with Crippen LogP contribution in [-0.2, 0) is 10.3 Å². The average Bonchev–Trinajstić information content (AvgIpc) is 2.43. The van der Waals surface area contributed by atoms with Crippen molar-refractivity contribution in [3.05, 3.63) is 35.6 Å². The van der Waals surface area contributed by atoms with Gasteiger partial charge in [-0.15, -0.1) is 0 Å². The van der Waals surface area contributed by atoms with Gasteiger partial charge in [0.25, 0.3) is 0 Å². The first-order valence-electron chi connectivity index (χ1n) is 4.71. The molecule has 2 rings (SSSR count). The molecule has 15 heavy (non-hydrogen) atoms. The summed E-state index contributed by atoms with van der Waals surface area (Å²) in [5.74, 6) is -0.292. The van der Waals surface area contributed by atoms with Crippen LogP contribution in [0, 0.1) is 5.82 Å². The molecule has 1 amide bonds. The molecule has 0 bridgehead atoms. The molecule has 1 aliphatic heterocycles. The second kappa shape index (κ2) is 3.22. The van der Waals surface area contributed by atoms with Gasteiger partial charge in [-0.3, -0.25) is 0 Å². The van der Waals surface area contributed by atoms with Gasteiger partial charge in [0.05, 0.1) is 6.54 Å². The van der Waals surface area contributed by atoms with Crippen LogP contribution in [0.4, 0.5) is 9.18 Å². The molecular formula is C11H12FNO2. The highest BCUT2D eigenvalue weighted by atomic mass is 19.1. The topological polar surface area (TPSA) is 29.5 Å². The molecular weight excluding hydrogens is 197 g/mol. The summed E-state index contributed by atoms with van der Waals surface area (Å²) in [6.07, 6.45) is -0.346. The van der Waals surface area contributed by atoms with Crippen molar-refractivity contribution in [1.29, 1.82) is 0 Å². The summed E-state index contributed by atoms with van der Waals surface area (Å²) in [5, 5.41) is 0. The largest absolute Gasteiger partial charge is 0.436 e. The number of ether oxygens (including phenoxy) is 1. The minimum atomic E-state index is -0.667. The zero-order valence-corrected chi connectivity index (χ0v) is 8.66. The molecule has 0 spiro atoms. The lowest BCUT2D eigenvalue weighted by Gasteiger charge is -2.21. The van der Waals surface area contributed by atoms with Crippen molar-refractivity contribution in [3.63, 3.8) is 0 Å². The Bertz CT molecular complexity index is 390. The molecule has 1 heterocycles. The van der Waals surface area contributed by atoms with E-state index in [9.17, 15) is 9.18 Å². The van der Waals surface area contributed by atoms with E-state index in [-0.39, 0.29) is 11.9 Å². The molecule has 0 aromatic heterocycles. The van der Waals surface area contributed by atoms with Crippen LogP contribution >= 0.6 is 0 Å². The van der Waals surface area contributed by atoms with Gasteiger partial charge in [-0.2, -0.15) is 0 Å². The maximum atomic E-state index is 12.7. The van der Waals surface area contributed by atoms with E-state index in [1.54, 1.807) is 19.2 Å². The fourth-order valence-electron chi connectivity index (χ4n) is 1.77. The quantitative estimate of drug-likeness (QED) is 0.709. The van der Waals surface area contributed by atoms with Crippen molar-refractivity contribution in [1.82, 2.24) is 4.90 Å². The summed E-state index contributed by atoms with van der Waals surface area (Å²) in [7, 11) is 1.68. The number of nitrogens with zero attached hydrogens (tertiary/aromatic N) is 1. The fraction of sp³-hybridized carbons (Fsp3) is 0.364. The van der Waals surface area contributed by atoms with Gasteiger partial charge in [0.2, 0.25) is 0 Å². The van der Waals surface area contributed by atoms with Crippen molar-refractivity contribution in [2.24, 2.45) is 0 Å². The normalized spacial score (nSPS) is 25.5. The first kappa shape index (κ1) is 9.96. The van der Waals surface area contributed by atoms with Gasteiger partial charge in [-0.1, -0.05) is 12.1 Å². The number of benzene rings is 1. The number of likely N-dealkylation sites (N-methyl/N-ethyl adjacent to an activating group) is 1. The van der Waals surface area contributed by atoms with Crippen molar-refractivity contribution >= 4 is 6.09 Å². The van der Waals surface area contributed by atoms with E-state index in [2.05, 4.69) is 0 Å². The minimum Gasteiger partial charge on any atom is -0.436 e. The lowest BCUT2D eigenvalue weighted by molar-refractivity contribution is 0.0701. The van der Waals surface area contributed by atoms with Crippen LogP contribution < -0.4 is 0 Å². The summed E-state index contributed by atoms with van der Waals surface area (Å²) in [4.78, 5) is 12.8. The molecule has 1 fully saturated rings. The van der Waals surface area contributed by atoms with E-state index >= 15 is 0 Å². The molecule has 1 saturated heterocycles. The third-order valence-corrected chi connectivity index (χ3v) is 2.62. The lowest BCUT2D eigenvalue weighted by atomic mass is 9.96. The van der Waals surface area contributed by atoms with Gasteiger partial charge in [-0.05, 0) is 24.6 Å². The second-order valence-corrected chi connectivity index (χ2v) is 3.96. The number of hydrogen-bond donors (Lipinski definition) is 0. The summed E-state index contributed by atoms with van der Waals surface area (Å²) >= 11 is 0. The van der Waals surface area contributed by atoms with Crippen LogP contribution in [0.3, 0.4) is 0 Å². The van der Waals surface area contributed by atoms with Gasteiger partial charge in [0, 0.05) is 7.05 Å². The van der Waals surface area contributed by atoms with Gasteiger partial charge in [0.15, 0.2) is 5.60 Å². The van der Waals surface area contributed by atoms with E-state index in [1.165, 1.54) is 17.0 Å². The summed E-state index contributed by atoms with van der Waals surface area (Å²) in [5.41, 5.74) is 0.140. The predicted octanol–water partition coefficient (Wildman–Crippen LogP) is 2.12. The van der Waals surface area contributed by atoms with Gasteiger partial charge in [-0.25, -0.2) is 9.18 Å². The molecule has 0 N–H and O–H groups in total. The van der Waals surface area contributed by atoms with Crippen molar-refractivity contribution in [3.8, 4) is 0 Å². The van der Waals surface area contributed by atoms with Gasteiger partial charge >= 0.3 is 6.09 Å². The Morgan fingerprint density at radius 3 is 2.47 bits per heavy atom. The molecule has 0 aliphatic carbocycles. The Labute approximate surface area is 87.5 Å². The Morgan fingerprint density at radius 2 is 2.00 bits per heavy atom. The van der Waals surface area contributed by atoms with Crippen LogP contribution in [0.1, 0.15) is 12.5 Å². The summed E-state index contributed by atoms with van der Waals surface area (Å²) < 4.78 is 18.0. The van der Waals surface area contributed by atoms with E-state index in [0.29, 0.717) is 6.54 Å². The van der Waals surface area contributed by atoms with E-state index in [1.807, 2.05) is 6.92 Å². The third kappa shape index (κ3) is 1.67. The number of hydrogen-bond acceptors (Lipinski definition) is 2. The predicted molar refractivity (Wildman–Crippen MR) is 52.9 cm³/mol. The number of carbonyl (C=O) groups is 1. The molecule has 0 saturated carbocycles.